The van der Waals surface area contributed by atoms with E-state index in [9.17, 15) is 9.59 Å². The number of halogens is 1. The van der Waals surface area contributed by atoms with E-state index in [1.165, 1.54) is 11.8 Å². The van der Waals surface area contributed by atoms with Crippen LogP contribution in [-0.2, 0) is 11.3 Å². The van der Waals surface area contributed by atoms with Crippen LogP contribution in [0.5, 0.6) is 5.75 Å². The van der Waals surface area contributed by atoms with Gasteiger partial charge in [0.1, 0.15) is 12.4 Å². The highest BCUT2D eigenvalue weighted by molar-refractivity contribution is 7.99. The van der Waals surface area contributed by atoms with Crippen LogP contribution < -0.4 is 15.6 Å². The minimum Gasteiger partial charge on any atom is -0.492 e. The summed E-state index contributed by atoms with van der Waals surface area (Å²) < 4.78 is 7.19. The average molecular weight is 446 g/mol. The van der Waals surface area contributed by atoms with Crippen molar-refractivity contribution in [3.63, 3.8) is 0 Å². The van der Waals surface area contributed by atoms with Gasteiger partial charge in [-0.05, 0) is 36.2 Å². The first-order chi connectivity index (χ1) is 14.4. The van der Waals surface area contributed by atoms with Gasteiger partial charge in [0.05, 0.1) is 23.2 Å². The summed E-state index contributed by atoms with van der Waals surface area (Å²) in [5.41, 5.74) is 0.430. The number of ether oxygens (including phenoxy) is 1. The number of amides is 1. The highest BCUT2D eigenvalue weighted by Crippen LogP contribution is 2.21. The number of hydrogen-bond donors (Lipinski definition) is 1. The molecule has 3 aromatic rings. The lowest BCUT2D eigenvalue weighted by molar-refractivity contribution is -0.118. The maximum Gasteiger partial charge on any atom is 0.262 e. The second-order valence-electron chi connectivity index (χ2n) is 7.17. The van der Waals surface area contributed by atoms with Crippen LogP contribution in [0.4, 0.5) is 0 Å². The quantitative estimate of drug-likeness (QED) is 0.306. The van der Waals surface area contributed by atoms with E-state index >= 15 is 0 Å². The summed E-state index contributed by atoms with van der Waals surface area (Å²) in [4.78, 5) is 29.8. The van der Waals surface area contributed by atoms with Crippen molar-refractivity contribution < 1.29 is 9.53 Å². The van der Waals surface area contributed by atoms with Gasteiger partial charge in [0.15, 0.2) is 5.16 Å². The van der Waals surface area contributed by atoms with E-state index in [1.54, 1.807) is 22.8 Å². The van der Waals surface area contributed by atoms with Crippen molar-refractivity contribution in [3.8, 4) is 5.75 Å². The highest BCUT2D eigenvalue weighted by atomic mass is 35.5. The molecule has 0 aliphatic carbocycles. The SMILES string of the molecule is CC(C)Cn1c(SCC(=O)NCCOc2ccccc2)nc2ccc(Cl)cc2c1=O. The summed E-state index contributed by atoms with van der Waals surface area (Å²) in [6, 6.07) is 14.5. The summed E-state index contributed by atoms with van der Waals surface area (Å²) in [6.07, 6.45) is 0. The van der Waals surface area contributed by atoms with E-state index in [1.807, 2.05) is 44.2 Å². The predicted octanol–water partition coefficient (Wildman–Crippen LogP) is 3.99. The number of benzene rings is 2. The topological polar surface area (TPSA) is 73.2 Å². The van der Waals surface area contributed by atoms with E-state index in [0.717, 1.165) is 5.75 Å². The second kappa shape index (κ2) is 10.5. The van der Waals surface area contributed by atoms with E-state index in [-0.39, 0.29) is 23.1 Å². The van der Waals surface area contributed by atoms with Gasteiger partial charge in [0.2, 0.25) is 5.91 Å². The Bertz CT molecular complexity index is 1070. The molecular formula is C22H24ClN3O3S. The molecule has 0 unspecified atom stereocenters. The summed E-state index contributed by atoms with van der Waals surface area (Å²) in [5, 5.41) is 4.33. The van der Waals surface area contributed by atoms with E-state index in [4.69, 9.17) is 16.3 Å². The first kappa shape index (κ1) is 22.2. The van der Waals surface area contributed by atoms with Crippen molar-refractivity contribution in [1.82, 2.24) is 14.9 Å². The van der Waals surface area contributed by atoms with Gasteiger partial charge in [-0.1, -0.05) is 55.4 Å². The smallest absolute Gasteiger partial charge is 0.262 e. The molecular weight excluding hydrogens is 422 g/mol. The molecule has 3 rings (SSSR count). The van der Waals surface area contributed by atoms with Gasteiger partial charge in [0, 0.05) is 11.6 Å². The molecule has 158 valence electrons. The maximum absolute atomic E-state index is 13.0. The number of thioether (sulfide) groups is 1. The Morgan fingerprint density at radius 3 is 2.73 bits per heavy atom. The van der Waals surface area contributed by atoms with Gasteiger partial charge >= 0.3 is 0 Å². The molecule has 6 nitrogen and oxygen atoms in total. The van der Waals surface area contributed by atoms with E-state index in [2.05, 4.69) is 10.3 Å². The van der Waals surface area contributed by atoms with Crippen LogP contribution >= 0.6 is 23.4 Å². The minimum absolute atomic E-state index is 0.141. The lowest BCUT2D eigenvalue weighted by atomic mass is 10.2. The molecule has 2 aromatic carbocycles. The van der Waals surface area contributed by atoms with Crippen molar-refractivity contribution in [1.29, 1.82) is 0 Å². The van der Waals surface area contributed by atoms with Gasteiger partial charge in [-0.2, -0.15) is 0 Å². The lowest BCUT2D eigenvalue weighted by Crippen LogP contribution is -2.30. The Morgan fingerprint density at radius 2 is 2.00 bits per heavy atom. The van der Waals surface area contributed by atoms with Gasteiger partial charge in [-0.3, -0.25) is 14.2 Å². The molecule has 0 atom stereocenters. The maximum atomic E-state index is 13.0. The monoisotopic (exact) mass is 445 g/mol. The summed E-state index contributed by atoms with van der Waals surface area (Å²) in [6.45, 7) is 5.36. The normalized spacial score (nSPS) is 11.1. The third-order valence-corrected chi connectivity index (χ3v) is 5.41. The largest absolute Gasteiger partial charge is 0.492 e. The standard InChI is InChI=1S/C22H24ClN3O3S/c1-15(2)13-26-21(28)18-12-16(23)8-9-19(18)25-22(26)30-14-20(27)24-10-11-29-17-6-4-3-5-7-17/h3-9,12,15H,10-11,13-14H2,1-2H3,(H,24,27). The minimum atomic E-state index is -0.143. The molecule has 30 heavy (non-hydrogen) atoms. The van der Waals surface area contributed by atoms with Crippen molar-refractivity contribution >= 4 is 40.2 Å². The Kier molecular flexibility index (Phi) is 7.76. The molecule has 0 spiro atoms. The number of para-hydroxylation sites is 1. The van der Waals surface area contributed by atoms with Crippen LogP contribution in [-0.4, -0.2) is 34.4 Å². The number of carbonyl (C=O) groups is 1. The molecule has 8 heteroatoms. The second-order valence-corrected chi connectivity index (χ2v) is 8.54. The zero-order valence-corrected chi connectivity index (χ0v) is 18.5. The molecule has 0 bridgehead atoms. The zero-order valence-electron chi connectivity index (χ0n) is 16.9. The Morgan fingerprint density at radius 1 is 1.23 bits per heavy atom. The first-order valence-electron chi connectivity index (χ1n) is 9.71. The van der Waals surface area contributed by atoms with Crippen LogP contribution in [0.25, 0.3) is 10.9 Å². The molecule has 0 fully saturated rings. The fourth-order valence-electron chi connectivity index (χ4n) is 2.87. The molecule has 0 aliphatic rings. The number of nitrogens with one attached hydrogen (secondary N) is 1. The first-order valence-corrected chi connectivity index (χ1v) is 11.1. The zero-order chi connectivity index (χ0) is 21.5. The predicted molar refractivity (Wildman–Crippen MR) is 122 cm³/mol. The molecule has 1 heterocycles. The Labute approximate surface area is 184 Å². The highest BCUT2D eigenvalue weighted by Gasteiger charge is 2.14. The van der Waals surface area contributed by atoms with Crippen LogP contribution in [0.2, 0.25) is 5.02 Å². The summed E-state index contributed by atoms with van der Waals surface area (Å²) in [7, 11) is 0. The number of hydrogen-bond acceptors (Lipinski definition) is 5. The number of nitrogens with zero attached hydrogens (tertiary/aromatic N) is 2. The van der Waals surface area contributed by atoms with Crippen LogP contribution in [0.15, 0.2) is 58.5 Å². The summed E-state index contributed by atoms with van der Waals surface area (Å²) >= 11 is 7.30. The summed E-state index contributed by atoms with van der Waals surface area (Å²) in [5.74, 6) is 1.04. The molecule has 1 N–H and O–H groups in total. The molecule has 0 saturated carbocycles. The Balaban J connectivity index is 1.63. The number of fused-ring (bicyclic) bond motifs is 1. The number of carbonyl (C=O) groups excluding carboxylic acids is 1. The molecule has 1 amide bonds. The van der Waals surface area contributed by atoms with Crippen molar-refractivity contribution in [3.05, 3.63) is 63.9 Å². The molecule has 0 saturated heterocycles. The third kappa shape index (κ3) is 6.00. The Hall–Kier alpha value is -2.51. The van der Waals surface area contributed by atoms with Crippen molar-refractivity contribution in [2.24, 2.45) is 5.92 Å². The van der Waals surface area contributed by atoms with E-state index in [0.29, 0.717) is 40.8 Å². The molecule has 0 aliphatic heterocycles. The fraction of sp³-hybridized carbons (Fsp3) is 0.318. The van der Waals surface area contributed by atoms with Crippen LogP contribution in [0, 0.1) is 5.92 Å². The van der Waals surface area contributed by atoms with Crippen molar-refractivity contribution in [2.45, 2.75) is 25.5 Å². The fourth-order valence-corrected chi connectivity index (χ4v) is 3.88. The van der Waals surface area contributed by atoms with Crippen LogP contribution in [0.3, 0.4) is 0 Å². The van der Waals surface area contributed by atoms with Gasteiger partial charge in [-0.25, -0.2) is 4.98 Å². The van der Waals surface area contributed by atoms with Gasteiger partial charge in [-0.15, -0.1) is 0 Å². The number of aromatic nitrogens is 2. The molecule has 0 radical (unpaired) electrons. The molecule has 1 aromatic heterocycles. The van der Waals surface area contributed by atoms with Crippen LogP contribution in [0.1, 0.15) is 13.8 Å². The van der Waals surface area contributed by atoms with E-state index < -0.39 is 0 Å². The third-order valence-electron chi connectivity index (χ3n) is 4.20. The van der Waals surface area contributed by atoms with Crippen molar-refractivity contribution in [2.75, 3.05) is 18.9 Å². The van der Waals surface area contributed by atoms with Gasteiger partial charge < -0.3 is 10.1 Å². The number of rotatable bonds is 9. The average Bonchev–Trinajstić information content (AvgIpc) is 2.73. The lowest BCUT2D eigenvalue weighted by Gasteiger charge is -2.15. The van der Waals surface area contributed by atoms with Gasteiger partial charge in [0.25, 0.3) is 5.56 Å².